The molecule has 1 aliphatic heterocycles. The van der Waals surface area contributed by atoms with E-state index in [0.717, 1.165) is 33.3 Å². The minimum absolute atomic E-state index is 0.127. The van der Waals surface area contributed by atoms with Gasteiger partial charge < -0.3 is 14.8 Å². The second-order valence-electron chi connectivity index (χ2n) is 6.87. The predicted octanol–water partition coefficient (Wildman–Crippen LogP) is 4.56. The zero-order chi connectivity index (χ0) is 19.6. The van der Waals surface area contributed by atoms with Crippen LogP contribution in [0.3, 0.4) is 0 Å². The molecule has 142 valence electrons. The summed E-state index contributed by atoms with van der Waals surface area (Å²) >= 11 is 0. The summed E-state index contributed by atoms with van der Waals surface area (Å²) < 4.78 is 10.7. The van der Waals surface area contributed by atoms with Crippen LogP contribution in [0.15, 0.2) is 79.0 Å². The van der Waals surface area contributed by atoms with E-state index in [1.54, 1.807) is 0 Å². The van der Waals surface area contributed by atoms with Crippen LogP contribution in [-0.2, 0) is 6.54 Å². The van der Waals surface area contributed by atoms with Crippen molar-refractivity contribution in [2.45, 2.75) is 6.54 Å². The van der Waals surface area contributed by atoms with E-state index in [-0.39, 0.29) is 12.7 Å². The second kappa shape index (κ2) is 7.28. The first-order valence-corrected chi connectivity index (χ1v) is 9.38. The van der Waals surface area contributed by atoms with Crippen LogP contribution < -0.4 is 14.8 Å². The molecular weight excluding hydrogens is 364 g/mol. The zero-order valence-corrected chi connectivity index (χ0v) is 15.6. The minimum atomic E-state index is -0.127. The van der Waals surface area contributed by atoms with E-state index in [1.165, 1.54) is 0 Å². The molecule has 5 nitrogen and oxygen atoms in total. The Morgan fingerprint density at radius 1 is 0.897 bits per heavy atom. The summed E-state index contributed by atoms with van der Waals surface area (Å²) in [5.74, 6) is 1.32. The number of pyridine rings is 1. The fourth-order valence-electron chi connectivity index (χ4n) is 3.40. The summed E-state index contributed by atoms with van der Waals surface area (Å²) in [6, 6.07) is 23.3. The van der Waals surface area contributed by atoms with E-state index in [1.807, 2.05) is 72.9 Å². The van der Waals surface area contributed by atoms with Gasteiger partial charge in [-0.2, -0.15) is 0 Å². The third kappa shape index (κ3) is 3.50. The Morgan fingerprint density at radius 3 is 2.76 bits per heavy atom. The topological polar surface area (TPSA) is 60.5 Å². The number of carbonyl (C=O) groups is 1. The van der Waals surface area contributed by atoms with Gasteiger partial charge in [0.15, 0.2) is 11.5 Å². The number of ether oxygens (including phenoxy) is 2. The SMILES string of the molecule is O=C(NCc1ccc2c(c1)OCO2)c1cccc(-c2cnc3ccccc3c2)c1. The van der Waals surface area contributed by atoms with Gasteiger partial charge in [-0.25, -0.2) is 0 Å². The number of fused-ring (bicyclic) bond motifs is 2. The fourth-order valence-corrected chi connectivity index (χ4v) is 3.40. The number of hydrogen-bond donors (Lipinski definition) is 1. The molecule has 1 amide bonds. The molecule has 0 bridgehead atoms. The molecule has 0 radical (unpaired) electrons. The van der Waals surface area contributed by atoms with Crippen LogP contribution in [-0.4, -0.2) is 17.7 Å². The van der Waals surface area contributed by atoms with Crippen molar-refractivity contribution in [1.29, 1.82) is 0 Å². The van der Waals surface area contributed by atoms with Crippen molar-refractivity contribution in [2.75, 3.05) is 6.79 Å². The Bertz CT molecular complexity index is 1220. The fraction of sp³-hybridized carbons (Fsp3) is 0.0833. The molecule has 0 fully saturated rings. The maximum Gasteiger partial charge on any atom is 0.251 e. The molecule has 1 aromatic heterocycles. The quantitative estimate of drug-likeness (QED) is 0.562. The van der Waals surface area contributed by atoms with Crippen LogP contribution in [0.25, 0.3) is 22.0 Å². The molecule has 29 heavy (non-hydrogen) atoms. The zero-order valence-electron chi connectivity index (χ0n) is 15.6. The minimum Gasteiger partial charge on any atom is -0.454 e. The lowest BCUT2D eigenvalue weighted by molar-refractivity contribution is 0.0951. The number of carbonyl (C=O) groups excluding carboxylic acids is 1. The Morgan fingerprint density at radius 2 is 1.79 bits per heavy atom. The monoisotopic (exact) mass is 382 g/mol. The highest BCUT2D eigenvalue weighted by molar-refractivity contribution is 5.95. The normalized spacial score (nSPS) is 12.1. The van der Waals surface area contributed by atoms with Gasteiger partial charge in [0.05, 0.1) is 5.52 Å². The highest BCUT2D eigenvalue weighted by Gasteiger charge is 2.14. The van der Waals surface area contributed by atoms with Gasteiger partial charge in [-0.05, 0) is 47.5 Å². The number of para-hydroxylation sites is 1. The second-order valence-corrected chi connectivity index (χ2v) is 6.87. The molecule has 0 saturated heterocycles. The van der Waals surface area contributed by atoms with Gasteiger partial charge >= 0.3 is 0 Å². The van der Waals surface area contributed by atoms with Crippen molar-refractivity contribution in [1.82, 2.24) is 10.3 Å². The molecule has 2 heterocycles. The first kappa shape index (κ1) is 17.3. The van der Waals surface area contributed by atoms with E-state index in [4.69, 9.17) is 9.47 Å². The van der Waals surface area contributed by atoms with Crippen LogP contribution in [0.1, 0.15) is 15.9 Å². The number of rotatable bonds is 4. The Hall–Kier alpha value is -3.86. The molecule has 5 heteroatoms. The molecule has 0 saturated carbocycles. The predicted molar refractivity (Wildman–Crippen MR) is 111 cm³/mol. The largest absolute Gasteiger partial charge is 0.454 e. The van der Waals surface area contributed by atoms with Crippen molar-refractivity contribution in [3.05, 3.63) is 90.1 Å². The molecule has 1 N–H and O–H groups in total. The number of amides is 1. The molecule has 0 unspecified atom stereocenters. The van der Waals surface area contributed by atoms with Crippen molar-refractivity contribution in [3.8, 4) is 22.6 Å². The molecular formula is C24H18N2O3. The Balaban J connectivity index is 1.34. The first-order chi connectivity index (χ1) is 14.3. The summed E-state index contributed by atoms with van der Waals surface area (Å²) in [5.41, 5.74) is 4.45. The van der Waals surface area contributed by atoms with Gasteiger partial charge in [0, 0.05) is 29.3 Å². The molecule has 0 spiro atoms. The first-order valence-electron chi connectivity index (χ1n) is 9.38. The van der Waals surface area contributed by atoms with Crippen molar-refractivity contribution < 1.29 is 14.3 Å². The van der Waals surface area contributed by atoms with Gasteiger partial charge in [0.1, 0.15) is 0 Å². The molecule has 1 aliphatic rings. The van der Waals surface area contributed by atoms with Gasteiger partial charge in [-0.1, -0.05) is 36.4 Å². The Labute approximate surface area is 167 Å². The third-order valence-electron chi connectivity index (χ3n) is 4.94. The van der Waals surface area contributed by atoms with Crippen molar-refractivity contribution in [3.63, 3.8) is 0 Å². The lowest BCUT2D eigenvalue weighted by Crippen LogP contribution is -2.22. The van der Waals surface area contributed by atoms with Crippen LogP contribution in [0.4, 0.5) is 0 Å². The summed E-state index contributed by atoms with van der Waals surface area (Å²) in [4.78, 5) is 17.2. The number of benzene rings is 3. The van der Waals surface area contributed by atoms with Crippen LogP contribution in [0.2, 0.25) is 0 Å². The molecule has 0 aliphatic carbocycles. The summed E-state index contributed by atoms with van der Waals surface area (Å²) in [6.07, 6.45) is 1.84. The van der Waals surface area contributed by atoms with E-state index < -0.39 is 0 Å². The maximum absolute atomic E-state index is 12.7. The molecule has 3 aromatic carbocycles. The van der Waals surface area contributed by atoms with Crippen LogP contribution in [0.5, 0.6) is 11.5 Å². The van der Waals surface area contributed by atoms with E-state index in [2.05, 4.69) is 16.4 Å². The standard InChI is InChI=1S/C24H18N2O3/c27-24(26-13-16-8-9-22-23(10-16)29-15-28-22)19-6-3-5-17(11-19)20-12-18-4-1-2-7-21(18)25-14-20/h1-12,14H,13,15H2,(H,26,27). The smallest absolute Gasteiger partial charge is 0.251 e. The van der Waals surface area contributed by atoms with Gasteiger partial charge in [0.25, 0.3) is 5.91 Å². The van der Waals surface area contributed by atoms with Crippen LogP contribution >= 0.6 is 0 Å². The molecule has 4 aromatic rings. The van der Waals surface area contributed by atoms with E-state index >= 15 is 0 Å². The summed E-state index contributed by atoms with van der Waals surface area (Å²) in [6.45, 7) is 0.652. The number of hydrogen-bond acceptors (Lipinski definition) is 4. The summed E-state index contributed by atoms with van der Waals surface area (Å²) in [5, 5.41) is 4.04. The average molecular weight is 382 g/mol. The Kier molecular flexibility index (Phi) is 4.33. The number of nitrogens with zero attached hydrogens (tertiary/aromatic N) is 1. The van der Waals surface area contributed by atoms with Gasteiger partial charge in [-0.15, -0.1) is 0 Å². The highest BCUT2D eigenvalue weighted by atomic mass is 16.7. The lowest BCUT2D eigenvalue weighted by Gasteiger charge is -2.08. The van der Waals surface area contributed by atoms with E-state index in [9.17, 15) is 4.79 Å². The van der Waals surface area contributed by atoms with Crippen molar-refractivity contribution in [2.24, 2.45) is 0 Å². The third-order valence-corrected chi connectivity index (χ3v) is 4.94. The van der Waals surface area contributed by atoms with Crippen LogP contribution in [0, 0.1) is 0 Å². The lowest BCUT2D eigenvalue weighted by atomic mass is 10.0. The molecule has 5 rings (SSSR count). The molecule has 0 atom stereocenters. The van der Waals surface area contributed by atoms with Gasteiger partial charge in [0.2, 0.25) is 6.79 Å². The number of aromatic nitrogens is 1. The van der Waals surface area contributed by atoms with Gasteiger partial charge in [-0.3, -0.25) is 9.78 Å². The van der Waals surface area contributed by atoms with E-state index in [0.29, 0.717) is 17.9 Å². The highest BCUT2D eigenvalue weighted by Crippen LogP contribution is 2.32. The maximum atomic E-state index is 12.7. The average Bonchev–Trinajstić information content (AvgIpc) is 3.25. The number of nitrogens with one attached hydrogen (secondary N) is 1. The summed E-state index contributed by atoms with van der Waals surface area (Å²) in [7, 11) is 0. The van der Waals surface area contributed by atoms with Crippen molar-refractivity contribution >= 4 is 16.8 Å².